The zero-order valence-corrected chi connectivity index (χ0v) is 13.4. The molecule has 1 aliphatic rings. The summed E-state index contributed by atoms with van der Waals surface area (Å²) in [5, 5.41) is 5.15. The Kier molecular flexibility index (Phi) is 3.78. The number of imidazole rings is 1. The molecule has 1 amide bonds. The van der Waals surface area contributed by atoms with E-state index in [1.165, 1.54) is 0 Å². The van der Waals surface area contributed by atoms with Gasteiger partial charge in [0.25, 0.3) is 0 Å². The molecule has 5 heteroatoms. The minimum Gasteiger partial charge on any atom is -0.332 e. The van der Waals surface area contributed by atoms with E-state index in [1.807, 2.05) is 41.1 Å². The molecule has 1 heterocycles. The molecule has 122 valence electrons. The highest BCUT2D eigenvalue weighted by molar-refractivity contribution is 5.95. The number of hydrogen-bond donors (Lipinski definition) is 2. The quantitative estimate of drug-likeness (QED) is 0.776. The Labute approximate surface area is 140 Å². The number of carbonyl (C=O) groups is 1. The van der Waals surface area contributed by atoms with Crippen molar-refractivity contribution in [3.8, 4) is 0 Å². The van der Waals surface area contributed by atoms with Gasteiger partial charge < -0.3 is 15.6 Å². The topological polar surface area (TPSA) is 72.9 Å². The number of hydrogen-bond acceptors (Lipinski definition) is 3. The summed E-state index contributed by atoms with van der Waals surface area (Å²) in [5.41, 5.74) is 6.84. The summed E-state index contributed by atoms with van der Waals surface area (Å²) < 4.78 is 2.04. The number of nitrogens with zero attached hydrogens (tertiary/aromatic N) is 2. The number of carbonyl (C=O) groups excluding carboxylic acids is 1. The number of nitrogens with one attached hydrogen (secondary N) is 1. The number of aromatic nitrogens is 2. The number of benzene rings is 2. The average Bonchev–Trinajstić information content (AvgIpc) is 3.00. The van der Waals surface area contributed by atoms with Crippen molar-refractivity contribution in [1.82, 2.24) is 9.55 Å². The fraction of sp³-hybridized carbons (Fsp3) is 0.263. The summed E-state index contributed by atoms with van der Waals surface area (Å²) in [4.78, 5) is 16.6. The molecule has 24 heavy (non-hydrogen) atoms. The van der Waals surface area contributed by atoms with Gasteiger partial charge in [0, 0.05) is 18.3 Å². The van der Waals surface area contributed by atoms with Crippen molar-refractivity contribution in [2.75, 3.05) is 5.32 Å². The predicted molar refractivity (Wildman–Crippen MR) is 94.8 cm³/mol. The number of anilines is 1. The lowest BCUT2D eigenvalue weighted by Crippen LogP contribution is -2.37. The van der Waals surface area contributed by atoms with Crippen LogP contribution >= 0.6 is 0 Å². The molecule has 0 aliphatic heterocycles. The van der Waals surface area contributed by atoms with E-state index in [1.54, 1.807) is 6.33 Å². The fourth-order valence-corrected chi connectivity index (χ4v) is 3.28. The first-order chi connectivity index (χ1) is 11.7. The number of amides is 1. The zero-order valence-electron chi connectivity index (χ0n) is 13.4. The predicted octanol–water partition coefficient (Wildman–Crippen LogP) is 2.88. The van der Waals surface area contributed by atoms with Crippen LogP contribution in [0.3, 0.4) is 0 Å². The molecule has 0 saturated heterocycles. The van der Waals surface area contributed by atoms with Crippen LogP contribution in [0.5, 0.6) is 0 Å². The average molecular weight is 320 g/mol. The van der Waals surface area contributed by atoms with Crippen LogP contribution in [0.2, 0.25) is 0 Å². The van der Waals surface area contributed by atoms with Gasteiger partial charge in [0.05, 0.1) is 12.7 Å². The van der Waals surface area contributed by atoms with Gasteiger partial charge in [-0.05, 0) is 29.2 Å². The summed E-state index contributed by atoms with van der Waals surface area (Å²) in [7, 11) is 0. The summed E-state index contributed by atoms with van der Waals surface area (Å²) in [6.45, 7) is 0. The van der Waals surface area contributed by atoms with Crippen molar-refractivity contribution in [2.45, 2.75) is 31.3 Å². The highest BCUT2D eigenvalue weighted by Crippen LogP contribution is 2.31. The fourth-order valence-electron chi connectivity index (χ4n) is 3.28. The molecule has 1 saturated carbocycles. The standard InChI is InChI=1S/C19H20N4O/c20-15-9-16(10-15)23-11-18(21-12-23)22-19(24)8-14-6-3-5-13-4-1-2-7-17(13)14/h1-7,11-12,15-16H,8-10,20H2,(H,22,24). The molecule has 4 rings (SSSR count). The van der Waals surface area contributed by atoms with Gasteiger partial charge in [0.2, 0.25) is 5.91 Å². The highest BCUT2D eigenvalue weighted by atomic mass is 16.1. The van der Waals surface area contributed by atoms with E-state index in [4.69, 9.17) is 5.73 Å². The summed E-state index contributed by atoms with van der Waals surface area (Å²) >= 11 is 0. The van der Waals surface area contributed by atoms with Crippen molar-refractivity contribution in [1.29, 1.82) is 0 Å². The normalized spacial score (nSPS) is 19.9. The molecule has 3 N–H and O–H groups in total. The maximum absolute atomic E-state index is 12.4. The van der Waals surface area contributed by atoms with Gasteiger partial charge in [0.15, 0.2) is 5.82 Å². The van der Waals surface area contributed by atoms with Crippen molar-refractivity contribution < 1.29 is 4.79 Å². The second-order valence-electron chi connectivity index (χ2n) is 6.45. The molecule has 5 nitrogen and oxygen atoms in total. The maximum atomic E-state index is 12.4. The van der Waals surface area contributed by atoms with Crippen LogP contribution < -0.4 is 11.1 Å². The molecular weight excluding hydrogens is 300 g/mol. The Bertz CT molecular complexity index is 874. The smallest absolute Gasteiger partial charge is 0.230 e. The number of nitrogens with two attached hydrogens (primary N) is 1. The van der Waals surface area contributed by atoms with Crippen LogP contribution in [0, 0.1) is 0 Å². The Morgan fingerprint density at radius 2 is 2.00 bits per heavy atom. The monoisotopic (exact) mass is 320 g/mol. The van der Waals surface area contributed by atoms with Gasteiger partial charge in [0.1, 0.15) is 0 Å². The van der Waals surface area contributed by atoms with Gasteiger partial charge in [-0.1, -0.05) is 42.5 Å². The third-order valence-corrected chi connectivity index (χ3v) is 4.67. The van der Waals surface area contributed by atoms with Crippen LogP contribution in [0.1, 0.15) is 24.4 Å². The Morgan fingerprint density at radius 1 is 1.21 bits per heavy atom. The van der Waals surface area contributed by atoms with E-state index >= 15 is 0 Å². The van der Waals surface area contributed by atoms with Crippen LogP contribution in [-0.2, 0) is 11.2 Å². The largest absolute Gasteiger partial charge is 0.332 e. The van der Waals surface area contributed by atoms with Crippen molar-refractivity contribution in [3.63, 3.8) is 0 Å². The van der Waals surface area contributed by atoms with E-state index in [0.717, 1.165) is 29.2 Å². The van der Waals surface area contributed by atoms with E-state index < -0.39 is 0 Å². The Hall–Kier alpha value is -2.66. The summed E-state index contributed by atoms with van der Waals surface area (Å²) in [6, 6.07) is 14.9. The third kappa shape index (κ3) is 2.90. The van der Waals surface area contributed by atoms with Crippen LogP contribution in [0.25, 0.3) is 10.8 Å². The SMILES string of the molecule is NC1CC(n2cnc(NC(=O)Cc3cccc4ccccc34)c2)C1. The van der Waals surface area contributed by atoms with Gasteiger partial charge in [-0.3, -0.25) is 4.79 Å². The summed E-state index contributed by atoms with van der Waals surface area (Å²) in [6.07, 6.45) is 5.93. The summed E-state index contributed by atoms with van der Waals surface area (Å²) in [5.74, 6) is 0.544. The molecular formula is C19H20N4O. The lowest BCUT2D eigenvalue weighted by molar-refractivity contribution is -0.115. The van der Waals surface area contributed by atoms with E-state index in [0.29, 0.717) is 24.3 Å². The lowest BCUT2D eigenvalue weighted by Gasteiger charge is -2.33. The molecule has 1 fully saturated rings. The number of rotatable bonds is 4. The maximum Gasteiger partial charge on any atom is 0.230 e. The minimum absolute atomic E-state index is 0.0538. The second kappa shape index (κ2) is 6.09. The third-order valence-electron chi connectivity index (χ3n) is 4.67. The van der Waals surface area contributed by atoms with E-state index in [2.05, 4.69) is 22.4 Å². The van der Waals surface area contributed by atoms with Gasteiger partial charge in [-0.15, -0.1) is 0 Å². The number of fused-ring (bicyclic) bond motifs is 1. The molecule has 0 atom stereocenters. The van der Waals surface area contributed by atoms with Gasteiger partial charge in [-0.25, -0.2) is 4.98 Å². The van der Waals surface area contributed by atoms with Gasteiger partial charge in [-0.2, -0.15) is 0 Å². The second-order valence-corrected chi connectivity index (χ2v) is 6.45. The molecule has 0 unspecified atom stereocenters. The Balaban J connectivity index is 1.45. The van der Waals surface area contributed by atoms with Crippen molar-refractivity contribution in [3.05, 3.63) is 60.6 Å². The molecule has 1 aliphatic carbocycles. The van der Waals surface area contributed by atoms with Crippen LogP contribution in [-0.4, -0.2) is 21.5 Å². The van der Waals surface area contributed by atoms with E-state index in [-0.39, 0.29) is 5.91 Å². The van der Waals surface area contributed by atoms with Gasteiger partial charge >= 0.3 is 0 Å². The van der Waals surface area contributed by atoms with Crippen LogP contribution in [0.15, 0.2) is 55.0 Å². The molecule has 0 spiro atoms. The van der Waals surface area contributed by atoms with Crippen molar-refractivity contribution >= 4 is 22.5 Å². The molecule has 2 aromatic carbocycles. The van der Waals surface area contributed by atoms with Crippen LogP contribution in [0.4, 0.5) is 5.82 Å². The molecule has 1 aromatic heterocycles. The molecule has 0 radical (unpaired) electrons. The zero-order chi connectivity index (χ0) is 16.5. The first-order valence-electron chi connectivity index (χ1n) is 8.24. The lowest BCUT2D eigenvalue weighted by atomic mass is 9.87. The molecule has 3 aromatic rings. The Morgan fingerprint density at radius 3 is 2.83 bits per heavy atom. The first kappa shape index (κ1) is 14.9. The minimum atomic E-state index is -0.0538. The first-order valence-corrected chi connectivity index (χ1v) is 8.24. The highest BCUT2D eigenvalue weighted by Gasteiger charge is 2.27. The molecule has 0 bridgehead atoms. The van der Waals surface area contributed by atoms with Crippen molar-refractivity contribution in [2.24, 2.45) is 5.73 Å². The van der Waals surface area contributed by atoms with E-state index in [9.17, 15) is 4.79 Å².